The van der Waals surface area contributed by atoms with Crippen LogP contribution < -0.4 is 5.73 Å². The molecule has 2 unspecified atom stereocenters. The maximum atomic E-state index is 12.8. The van der Waals surface area contributed by atoms with E-state index in [0.29, 0.717) is 23.0 Å². The standard InChI is InChI=1S/C16H20N2O2S/c1-10-7-8-18(9-12(10)20-2)16(19)15-14(17)11-5-3-4-6-13(11)21-15/h3-6,10,12H,7-9,17H2,1-2H3. The van der Waals surface area contributed by atoms with Crippen LogP contribution in [0.3, 0.4) is 0 Å². The van der Waals surface area contributed by atoms with Crippen molar-refractivity contribution in [1.29, 1.82) is 0 Å². The molecule has 5 heteroatoms. The largest absolute Gasteiger partial charge is 0.397 e. The van der Waals surface area contributed by atoms with Gasteiger partial charge in [0.1, 0.15) is 4.88 Å². The van der Waals surface area contributed by atoms with E-state index in [0.717, 1.165) is 23.1 Å². The number of methoxy groups -OCH3 is 1. The Morgan fingerprint density at radius 2 is 2.19 bits per heavy atom. The molecule has 1 aliphatic heterocycles. The molecule has 1 fully saturated rings. The number of carbonyl (C=O) groups excluding carboxylic acids is 1. The number of carbonyl (C=O) groups is 1. The smallest absolute Gasteiger partial charge is 0.266 e. The minimum absolute atomic E-state index is 0.0302. The molecular weight excluding hydrogens is 284 g/mol. The highest BCUT2D eigenvalue weighted by atomic mass is 32.1. The molecule has 2 N–H and O–H groups in total. The summed E-state index contributed by atoms with van der Waals surface area (Å²) in [6, 6.07) is 7.89. The molecule has 0 bridgehead atoms. The fourth-order valence-corrected chi connectivity index (χ4v) is 3.98. The average Bonchev–Trinajstić information content (AvgIpc) is 2.85. The Morgan fingerprint density at radius 1 is 1.43 bits per heavy atom. The van der Waals surface area contributed by atoms with E-state index in [-0.39, 0.29) is 12.0 Å². The van der Waals surface area contributed by atoms with E-state index in [1.807, 2.05) is 29.2 Å². The number of hydrogen-bond donors (Lipinski definition) is 1. The fourth-order valence-electron chi connectivity index (χ4n) is 2.89. The predicted octanol–water partition coefficient (Wildman–Crippen LogP) is 2.98. The third-order valence-corrected chi connectivity index (χ3v) is 5.48. The summed E-state index contributed by atoms with van der Waals surface area (Å²) in [6.45, 7) is 3.58. The number of benzene rings is 1. The molecule has 1 amide bonds. The van der Waals surface area contributed by atoms with Crippen LogP contribution in [0, 0.1) is 5.92 Å². The number of ether oxygens (including phenoxy) is 1. The zero-order chi connectivity index (χ0) is 15.0. The van der Waals surface area contributed by atoms with Crippen LogP contribution in [0.15, 0.2) is 24.3 Å². The maximum absolute atomic E-state index is 12.8. The van der Waals surface area contributed by atoms with Crippen LogP contribution in [0.4, 0.5) is 5.69 Å². The summed E-state index contributed by atoms with van der Waals surface area (Å²) in [5.41, 5.74) is 6.78. The number of anilines is 1. The van der Waals surface area contributed by atoms with Gasteiger partial charge in [0.05, 0.1) is 11.8 Å². The topological polar surface area (TPSA) is 55.6 Å². The van der Waals surface area contributed by atoms with Crippen LogP contribution in [0.1, 0.15) is 23.0 Å². The Labute approximate surface area is 128 Å². The number of thiophene rings is 1. The number of hydrogen-bond acceptors (Lipinski definition) is 4. The van der Waals surface area contributed by atoms with Crippen LogP contribution in [0.25, 0.3) is 10.1 Å². The van der Waals surface area contributed by atoms with Gasteiger partial charge in [-0.1, -0.05) is 25.1 Å². The van der Waals surface area contributed by atoms with E-state index in [2.05, 4.69) is 6.92 Å². The lowest BCUT2D eigenvalue weighted by atomic mass is 9.95. The van der Waals surface area contributed by atoms with Gasteiger partial charge in [0, 0.05) is 30.3 Å². The number of fused-ring (bicyclic) bond motifs is 1. The second-order valence-corrected chi connectivity index (χ2v) is 6.68. The van der Waals surface area contributed by atoms with Crippen molar-refractivity contribution in [1.82, 2.24) is 4.90 Å². The predicted molar refractivity (Wildman–Crippen MR) is 86.7 cm³/mol. The highest BCUT2D eigenvalue weighted by molar-refractivity contribution is 7.21. The molecule has 0 saturated carbocycles. The molecule has 1 saturated heterocycles. The molecular formula is C16H20N2O2S. The molecule has 4 nitrogen and oxygen atoms in total. The van der Waals surface area contributed by atoms with Crippen molar-refractivity contribution in [2.75, 3.05) is 25.9 Å². The molecule has 0 radical (unpaired) electrons. The number of piperidine rings is 1. The summed E-state index contributed by atoms with van der Waals surface area (Å²) in [4.78, 5) is 15.3. The monoisotopic (exact) mass is 304 g/mol. The van der Waals surface area contributed by atoms with Gasteiger partial charge in [-0.2, -0.15) is 0 Å². The van der Waals surface area contributed by atoms with Crippen molar-refractivity contribution in [2.45, 2.75) is 19.4 Å². The highest BCUT2D eigenvalue weighted by Crippen LogP contribution is 2.35. The van der Waals surface area contributed by atoms with Crippen LogP contribution >= 0.6 is 11.3 Å². The first-order chi connectivity index (χ1) is 10.1. The third-order valence-electron chi connectivity index (χ3n) is 4.31. The van der Waals surface area contributed by atoms with Crippen molar-refractivity contribution in [3.05, 3.63) is 29.1 Å². The molecule has 21 heavy (non-hydrogen) atoms. The molecule has 112 valence electrons. The zero-order valence-corrected chi connectivity index (χ0v) is 13.2. The molecule has 2 atom stereocenters. The van der Waals surface area contributed by atoms with E-state index < -0.39 is 0 Å². The van der Waals surface area contributed by atoms with Gasteiger partial charge in [-0.15, -0.1) is 11.3 Å². The molecule has 1 aliphatic rings. The van der Waals surface area contributed by atoms with Gasteiger partial charge < -0.3 is 15.4 Å². The highest BCUT2D eigenvalue weighted by Gasteiger charge is 2.31. The van der Waals surface area contributed by atoms with Gasteiger partial charge >= 0.3 is 0 Å². The number of amides is 1. The molecule has 3 rings (SSSR count). The summed E-state index contributed by atoms with van der Waals surface area (Å²) >= 11 is 1.48. The van der Waals surface area contributed by atoms with Crippen LogP contribution in [-0.2, 0) is 4.74 Å². The quantitative estimate of drug-likeness (QED) is 0.928. The number of nitrogens with two attached hydrogens (primary N) is 1. The van der Waals surface area contributed by atoms with E-state index in [1.165, 1.54) is 11.3 Å². The van der Waals surface area contributed by atoms with Gasteiger partial charge in [-0.25, -0.2) is 0 Å². The van der Waals surface area contributed by atoms with E-state index in [4.69, 9.17) is 10.5 Å². The zero-order valence-electron chi connectivity index (χ0n) is 12.3. The maximum Gasteiger partial charge on any atom is 0.266 e. The third kappa shape index (κ3) is 2.51. The molecule has 1 aromatic carbocycles. The van der Waals surface area contributed by atoms with Crippen molar-refractivity contribution < 1.29 is 9.53 Å². The lowest BCUT2D eigenvalue weighted by Gasteiger charge is -2.36. The Balaban J connectivity index is 1.88. The lowest BCUT2D eigenvalue weighted by Crippen LogP contribution is -2.46. The summed E-state index contributed by atoms with van der Waals surface area (Å²) in [5, 5.41) is 0.972. The Kier molecular flexibility index (Phi) is 3.87. The Bertz CT molecular complexity index is 667. The summed E-state index contributed by atoms with van der Waals surface area (Å²) < 4.78 is 6.55. The first-order valence-electron chi connectivity index (χ1n) is 7.21. The number of rotatable bonds is 2. The summed E-state index contributed by atoms with van der Waals surface area (Å²) in [5.74, 6) is 0.515. The van der Waals surface area contributed by atoms with Crippen molar-refractivity contribution in [2.24, 2.45) is 5.92 Å². The van der Waals surface area contributed by atoms with Crippen LogP contribution in [-0.4, -0.2) is 37.1 Å². The minimum atomic E-state index is 0.0302. The van der Waals surface area contributed by atoms with Crippen molar-refractivity contribution in [3.8, 4) is 0 Å². The van der Waals surface area contributed by atoms with Gasteiger partial charge in [-0.3, -0.25) is 4.79 Å². The number of nitrogens with zero attached hydrogens (tertiary/aromatic N) is 1. The number of likely N-dealkylation sites (tertiary alicyclic amines) is 1. The van der Waals surface area contributed by atoms with Gasteiger partial charge in [0.15, 0.2) is 0 Å². The first kappa shape index (κ1) is 14.4. The van der Waals surface area contributed by atoms with E-state index >= 15 is 0 Å². The van der Waals surface area contributed by atoms with E-state index in [9.17, 15) is 4.79 Å². The lowest BCUT2D eigenvalue weighted by molar-refractivity contribution is -0.00135. The normalized spacial score (nSPS) is 22.7. The van der Waals surface area contributed by atoms with Gasteiger partial charge in [0.25, 0.3) is 5.91 Å². The van der Waals surface area contributed by atoms with E-state index in [1.54, 1.807) is 7.11 Å². The number of nitrogen functional groups attached to an aromatic ring is 1. The fraction of sp³-hybridized carbons (Fsp3) is 0.438. The Morgan fingerprint density at radius 3 is 2.90 bits per heavy atom. The van der Waals surface area contributed by atoms with Crippen LogP contribution in [0.5, 0.6) is 0 Å². The van der Waals surface area contributed by atoms with Crippen molar-refractivity contribution in [3.63, 3.8) is 0 Å². The SMILES string of the molecule is COC1CN(C(=O)c2sc3ccccc3c2N)CCC1C. The molecule has 0 spiro atoms. The first-order valence-corrected chi connectivity index (χ1v) is 8.02. The van der Waals surface area contributed by atoms with Crippen molar-refractivity contribution >= 4 is 33.0 Å². The summed E-state index contributed by atoms with van der Waals surface area (Å²) in [7, 11) is 1.71. The molecule has 1 aromatic heterocycles. The Hall–Kier alpha value is -1.59. The van der Waals surface area contributed by atoms with Gasteiger partial charge in [-0.05, 0) is 18.4 Å². The van der Waals surface area contributed by atoms with Gasteiger partial charge in [0.2, 0.25) is 0 Å². The minimum Gasteiger partial charge on any atom is -0.397 e. The van der Waals surface area contributed by atoms with Crippen LogP contribution in [0.2, 0.25) is 0 Å². The molecule has 0 aliphatic carbocycles. The summed E-state index contributed by atoms with van der Waals surface area (Å²) in [6.07, 6.45) is 1.08. The molecule has 2 aromatic rings. The second kappa shape index (κ2) is 5.66. The average molecular weight is 304 g/mol. The second-order valence-electron chi connectivity index (χ2n) is 5.63. The molecule has 2 heterocycles.